The Morgan fingerprint density at radius 2 is 1.71 bits per heavy atom. The highest BCUT2D eigenvalue weighted by molar-refractivity contribution is 6.44. The van der Waals surface area contributed by atoms with Crippen molar-refractivity contribution in [2.45, 2.75) is 31.9 Å². The van der Waals surface area contributed by atoms with E-state index in [2.05, 4.69) is 60.8 Å². The first kappa shape index (κ1) is 20.8. The van der Waals surface area contributed by atoms with Gasteiger partial charge in [0.1, 0.15) is 12.4 Å². The van der Waals surface area contributed by atoms with Gasteiger partial charge in [0.25, 0.3) is 0 Å². The highest BCUT2D eigenvalue weighted by Gasteiger charge is 2.40. The molecule has 0 radical (unpaired) electrons. The minimum absolute atomic E-state index is 0.133. The van der Waals surface area contributed by atoms with E-state index in [1.807, 2.05) is 12.1 Å². The van der Waals surface area contributed by atoms with Crippen LogP contribution in [0.5, 0.6) is 5.75 Å². The van der Waals surface area contributed by atoms with Crippen LogP contribution in [0.1, 0.15) is 40.6 Å². The number of benzene rings is 3. The largest absolute Gasteiger partial charge is 0.489 e. The van der Waals surface area contributed by atoms with Gasteiger partial charge in [-0.15, -0.1) is 0 Å². The van der Waals surface area contributed by atoms with E-state index in [9.17, 15) is 0 Å². The van der Waals surface area contributed by atoms with Crippen LogP contribution in [0.25, 0.3) is 0 Å². The molecule has 0 amide bonds. The summed E-state index contributed by atoms with van der Waals surface area (Å²) in [5.41, 5.74) is 5.50. The molecule has 0 spiro atoms. The van der Waals surface area contributed by atoms with Crippen LogP contribution >= 0.6 is 34.8 Å². The number of anilines is 1. The number of allylic oxidation sites excluding steroid dienone is 2. The molecule has 3 aromatic carbocycles. The van der Waals surface area contributed by atoms with E-state index in [4.69, 9.17) is 39.5 Å². The second kappa shape index (κ2) is 8.43. The van der Waals surface area contributed by atoms with Crippen LogP contribution in [-0.4, -0.2) is 0 Å². The van der Waals surface area contributed by atoms with Gasteiger partial charge in [0.2, 0.25) is 0 Å². The van der Waals surface area contributed by atoms with Crippen LogP contribution in [0.15, 0.2) is 66.7 Å². The smallest absolute Gasteiger partial charge is 0.119 e. The molecule has 1 N–H and O–H groups in total. The SMILES string of the molecule is Cc1ccc(COc2ccc([C@@H]3Nc4c(Cl)cc(Cl)c(Cl)c4[C@@H]4C=CC[C@@H]43)cc2)cc1. The maximum atomic E-state index is 6.58. The molecule has 158 valence electrons. The van der Waals surface area contributed by atoms with Gasteiger partial charge in [-0.25, -0.2) is 0 Å². The standard InChI is InChI=1S/C26H22Cl3NO/c1-15-5-7-16(8-6-15)14-31-18-11-9-17(10-12-18)25-20-4-2-3-19(20)23-24(29)21(27)13-22(28)26(23)30-25/h2-3,5-13,19-20,25,30H,4,14H2,1H3/t19-,20+,25+/m1/s1. The maximum Gasteiger partial charge on any atom is 0.119 e. The molecule has 2 nitrogen and oxygen atoms in total. The average Bonchev–Trinajstić information content (AvgIpc) is 3.26. The Morgan fingerprint density at radius 3 is 2.45 bits per heavy atom. The molecule has 0 aromatic heterocycles. The summed E-state index contributed by atoms with van der Waals surface area (Å²) in [6.45, 7) is 2.64. The third kappa shape index (κ3) is 3.93. The Morgan fingerprint density at radius 1 is 0.968 bits per heavy atom. The van der Waals surface area contributed by atoms with Crippen LogP contribution < -0.4 is 10.1 Å². The monoisotopic (exact) mass is 469 g/mol. The zero-order chi connectivity index (χ0) is 21.5. The second-order valence-electron chi connectivity index (χ2n) is 8.26. The normalized spacial score (nSPS) is 21.4. The van der Waals surface area contributed by atoms with Gasteiger partial charge in [-0.3, -0.25) is 0 Å². The van der Waals surface area contributed by atoms with E-state index in [-0.39, 0.29) is 12.0 Å². The fourth-order valence-electron chi connectivity index (χ4n) is 4.61. The van der Waals surface area contributed by atoms with E-state index in [0.29, 0.717) is 27.6 Å². The molecule has 0 bridgehead atoms. The topological polar surface area (TPSA) is 21.3 Å². The summed E-state index contributed by atoms with van der Waals surface area (Å²) >= 11 is 19.4. The third-order valence-electron chi connectivity index (χ3n) is 6.25. The molecule has 0 unspecified atom stereocenters. The summed E-state index contributed by atoms with van der Waals surface area (Å²) in [6, 6.07) is 18.6. The Hall–Kier alpha value is -2.13. The number of fused-ring (bicyclic) bond motifs is 3. The fourth-order valence-corrected chi connectivity index (χ4v) is 5.42. The van der Waals surface area contributed by atoms with Crippen molar-refractivity contribution in [3.63, 3.8) is 0 Å². The fraction of sp³-hybridized carbons (Fsp3) is 0.231. The highest BCUT2D eigenvalue weighted by Crippen LogP contribution is 2.55. The Balaban J connectivity index is 1.38. The number of halogens is 3. The van der Waals surface area contributed by atoms with Crippen molar-refractivity contribution < 1.29 is 4.74 Å². The van der Waals surface area contributed by atoms with Crippen molar-refractivity contribution in [2.75, 3.05) is 5.32 Å². The van der Waals surface area contributed by atoms with Crippen molar-refractivity contribution >= 4 is 40.5 Å². The van der Waals surface area contributed by atoms with Gasteiger partial charge in [-0.1, -0.05) is 88.9 Å². The molecule has 1 aliphatic carbocycles. The molecule has 0 fully saturated rings. The van der Waals surface area contributed by atoms with Gasteiger partial charge in [0.15, 0.2) is 0 Å². The molecule has 31 heavy (non-hydrogen) atoms. The predicted octanol–water partition coefficient (Wildman–Crippen LogP) is 8.36. The molecule has 5 rings (SSSR count). The molecule has 0 saturated heterocycles. The van der Waals surface area contributed by atoms with Crippen molar-refractivity contribution in [1.82, 2.24) is 0 Å². The molecule has 0 saturated carbocycles. The maximum absolute atomic E-state index is 6.58. The van der Waals surface area contributed by atoms with Gasteiger partial charge < -0.3 is 10.1 Å². The lowest BCUT2D eigenvalue weighted by Crippen LogP contribution is -2.29. The Bertz CT molecular complexity index is 1140. The first-order chi connectivity index (χ1) is 15.0. The van der Waals surface area contributed by atoms with E-state index >= 15 is 0 Å². The lowest BCUT2D eigenvalue weighted by molar-refractivity contribution is 0.306. The zero-order valence-electron chi connectivity index (χ0n) is 17.0. The number of hydrogen-bond donors (Lipinski definition) is 1. The minimum Gasteiger partial charge on any atom is -0.489 e. The van der Waals surface area contributed by atoms with Gasteiger partial charge in [-0.2, -0.15) is 0 Å². The second-order valence-corrected chi connectivity index (χ2v) is 9.45. The van der Waals surface area contributed by atoms with Crippen molar-refractivity contribution in [3.05, 3.63) is 104 Å². The van der Waals surface area contributed by atoms with Gasteiger partial charge in [-0.05, 0) is 48.6 Å². The third-order valence-corrected chi connectivity index (χ3v) is 7.35. The number of nitrogens with one attached hydrogen (secondary N) is 1. The Labute approximate surface area is 197 Å². The van der Waals surface area contributed by atoms with Crippen LogP contribution in [0, 0.1) is 12.8 Å². The summed E-state index contributed by atoms with van der Waals surface area (Å²) in [5.74, 6) is 1.41. The first-order valence-electron chi connectivity index (χ1n) is 10.4. The molecule has 2 aliphatic rings. The summed E-state index contributed by atoms with van der Waals surface area (Å²) in [5, 5.41) is 5.34. The van der Waals surface area contributed by atoms with Gasteiger partial charge >= 0.3 is 0 Å². The molecular formula is C26H22Cl3NO. The van der Waals surface area contributed by atoms with Crippen LogP contribution in [-0.2, 0) is 6.61 Å². The van der Waals surface area contributed by atoms with Crippen LogP contribution in [0.3, 0.4) is 0 Å². The molecular weight excluding hydrogens is 449 g/mol. The van der Waals surface area contributed by atoms with Crippen molar-refractivity contribution in [3.8, 4) is 5.75 Å². The number of hydrogen-bond acceptors (Lipinski definition) is 2. The summed E-state index contributed by atoms with van der Waals surface area (Å²) < 4.78 is 5.98. The van der Waals surface area contributed by atoms with E-state index in [1.54, 1.807) is 6.07 Å². The average molecular weight is 471 g/mol. The van der Waals surface area contributed by atoms with Crippen molar-refractivity contribution in [2.24, 2.45) is 5.92 Å². The highest BCUT2D eigenvalue weighted by atomic mass is 35.5. The quantitative estimate of drug-likeness (QED) is 0.305. The van der Waals surface area contributed by atoms with Crippen molar-refractivity contribution in [1.29, 1.82) is 0 Å². The molecule has 5 heteroatoms. The van der Waals surface area contributed by atoms with Gasteiger partial charge in [0.05, 0.1) is 26.8 Å². The molecule has 3 atom stereocenters. The van der Waals surface area contributed by atoms with Crippen LogP contribution in [0.2, 0.25) is 15.1 Å². The zero-order valence-corrected chi connectivity index (χ0v) is 19.3. The molecule has 1 heterocycles. The predicted molar refractivity (Wildman–Crippen MR) is 130 cm³/mol. The first-order valence-corrected chi connectivity index (χ1v) is 11.5. The summed E-state index contributed by atoms with van der Waals surface area (Å²) in [6.07, 6.45) is 5.44. The number of ether oxygens (including phenoxy) is 1. The van der Waals surface area contributed by atoms with E-state index in [1.165, 1.54) is 11.1 Å². The van der Waals surface area contributed by atoms with Crippen LogP contribution in [0.4, 0.5) is 5.69 Å². The molecule has 1 aliphatic heterocycles. The number of rotatable bonds is 4. The molecule has 3 aromatic rings. The Kier molecular flexibility index (Phi) is 5.64. The summed E-state index contributed by atoms with van der Waals surface area (Å²) in [7, 11) is 0. The summed E-state index contributed by atoms with van der Waals surface area (Å²) in [4.78, 5) is 0. The van der Waals surface area contributed by atoms with Gasteiger partial charge in [0, 0.05) is 11.5 Å². The number of aryl methyl sites for hydroxylation is 1. The lowest BCUT2D eigenvalue weighted by atomic mass is 9.77. The minimum atomic E-state index is 0.133. The van der Waals surface area contributed by atoms with E-state index < -0.39 is 0 Å². The lowest BCUT2D eigenvalue weighted by Gasteiger charge is -2.38. The van der Waals surface area contributed by atoms with E-state index in [0.717, 1.165) is 29.0 Å².